The number of amides is 2. The Balaban J connectivity index is 1.55. The Morgan fingerprint density at radius 1 is 1.12 bits per heavy atom. The SMILES string of the molecule is COc1ccc(NC(=O)C(C)N2CCN(C(=O)Cc3ccc(C)cc3)CC2)c([N+](=O)[O-])c1. The molecule has 1 N–H and O–H groups in total. The van der Waals surface area contributed by atoms with Gasteiger partial charge in [-0.05, 0) is 31.5 Å². The third-order valence-electron chi connectivity index (χ3n) is 5.73. The normalized spacial score (nSPS) is 15.2. The highest BCUT2D eigenvalue weighted by Gasteiger charge is 2.28. The van der Waals surface area contributed by atoms with E-state index in [9.17, 15) is 19.7 Å². The van der Waals surface area contributed by atoms with Gasteiger partial charge in [-0.2, -0.15) is 0 Å². The molecule has 9 heteroatoms. The number of nitro groups is 1. The third kappa shape index (κ3) is 5.61. The molecule has 0 spiro atoms. The summed E-state index contributed by atoms with van der Waals surface area (Å²) in [5, 5.41) is 14.0. The van der Waals surface area contributed by atoms with Crippen LogP contribution in [0.4, 0.5) is 11.4 Å². The topological polar surface area (TPSA) is 105 Å². The van der Waals surface area contributed by atoms with Gasteiger partial charge in [0.1, 0.15) is 11.4 Å². The highest BCUT2D eigenvalue weighted by Crippen LogP contribution is 2.29. The first-order valence-corrected chi connectivity index (χ1v) is 10.5. The molecule has 32 heavy (non-hydrogen) atoms. The van der Waals surface area contributed by atoms with Crippen LogP contribution in [0, 0.1) is 17.0 Å². The van der Waals surface area contributed by atoms with Crippen molar-refractivity contribution in [3.05, 3.63) is 63.7 Å². The molecule has 2 amide bonds. The second-order valence-corrected chi connectivity index (χ2v) is 7.88. The van der Waals surface area contributed by atoms with Gasteiger partial charge in [-0.3, -0.25) is 24.6 Å². The van der Waals surface area contributed by atoms with Crippen LogP contribution in [-0.4, -0.2) is 65.9 Å². The summed E-state index contributed by atoms with van der Waals surface area (Å²) in [5.74, 6) is 0.0753. The van der Waals surface area contributed by atoms with Gasteiger partial charge in [-0.25, -0.2) is 0 Å². The molecule has 1 fully saturated rings. The van der Waals surface area contributed by atoms with E-state index < -0.39 is 11.0 Å². The minimum absolute atomic E-state index is 0.0689. The van der Waals surface area contributed by atoms with E-state index in [-0.39, 0.29) is 23.2 Å². The molecule has 2 aromatic rings. The van der Waals surface area contributed by atoms with Gasteiger partial charge in [0.15, 0.2) is 0 Å². The largest absolute Gasteiger partial charge is 0.496 e. The molecular formula is C23H28N4O5. The van der Waals surface area contributed by atoms with Crippen molar-refractivity contribution in [3.63, 3.8) is 0 Å². The average molecular weight is 441 g/mol. The summed E-state index contributed by atoms with van der Waals surface area (Å²) in [7, 11) is 1.42. The molecule has 1 aliphatic rings. The Bertz CT molecular complexity index is 984. The van der Waals surface area contributed by atoms with Crippen molar-refractivity contribution < 1.29 is 19.2 Å². The van der Waals surface area contributed by atoms with E-state index in [1.807, 2.05) is 41.0 Å². The quantitative estimate of drug-likeness (QED) is 0.524. The van der Waals surface area contributed by atoms with Crippen molar-refractivity contribution in [3.8, 4) is 5.75 Å². The minimum atomic E-state index is -0.554. The van der Waals surface area contributed by atoms with Crippen molar-refractivity contribution in [2.45, 2.75) is 26.3 Å². The lowest BCUT2D eigenvalue weighted by Gasteiger charge is -2.37. The number of piperazine rings is 1. The lowest BCUT2D eigenvalue weighted by Crippen LogP contribution is -2.54. The first-order valence-electron chi connectivity index (χ1n) is 10.5. The maximum atomic E-state index is 12.7. The van der Waals surface area contributed by atoms with Crippen molar-refractivity contribution in [2.24, 2.45) is 0 Å². The van der Waals surface area contributed by atoms with Gasteiger partial charge in [0.2, 0.25) is 11.8 Å². The zero-order valence-corrected chi connectivity index (χ0v) is 18.5. The molecule has 2 aromatic carbocycles. The Morgan fingerprint density at radius 3 is 2.38 bits per heavy atom. The van der Waals surface area contributed by atoms with E-state index >= 15 is 0 Å². The summed E-state index contributed by atoms with van der Waals surface area (Å²) in [6.45, 7) is 5.94. The van der Waals surface area contributed by atoms with E-state index in [1.54, 1.807) is 13.0 Å². The Hall–Kier alpha value is -3.46. The van der Waals surface area contributed by atoms with Crippen LogP contribution in [0.3, 0.4) is 0 Å². The van der Waals surface area contributed by atoms with Crippen LogP contribution >= 0.6 is 0 Å². The summed E-state index contributed by atoms with van der Waals surface area (Å²) in [4.78, 5) is 39.9. The van der Waals surface area contributed by atoms with E-state index in [0.717, 1.165) is 11.1 Å². The van der Waals surface area contributed by atoms with Crippen LogP contribution in [0.5, 0.6) is 5.75 Å². The fourth-order valence-electron chi connectivity index (χ4n) is 3.65. The van der Waals surface area contributed by atoms with E-state index in [1.165, 1.54) is 19.2 Å². The van der Waals surface area contributed by atoms with Crippen molar-refractivity contribution in [2.75, 3.05) is 38.6 Å². The van der Waals surface area contributed by atoms with Gasteiger partial charge in [0.05, 0.1) is 30.6 Å². The molecule has 1 unspecified atom stereocenters. The molecule has 0 radical (unpaired) electrons. The van der Waals surface area contributed by atoms with Gasteiger partial charge >= 0.3 is 0 Å². The molecule has 1 heterocycles. The minimum Gasteiger partial charge on any atom is -0.496 e. The molecule has 0 bridgehead atoms. The number of ether oxygens (including phenoxy) is 1. The summed E-state index contributed by atoms with van der Waals surface area (Å²) >= 11 is 0. The molecule has 0 aromatic heterocycles. The number of aryl methyl sites for hydroxylation is 1. The number of nitrogens with zero attached hydrogens (tertiary/aromatic N) is 3. The van der Waals surface area contributed by atoms with Gasteiger partial charge in [0, 0.05) is 26.2 Å². The number of carbonyl (C=O) groups excluding carboxylic acids is 2. The highest BCUT2D eigenvalue weighted by atomic mass is 16.6. The predicted octanol–water partition coefficient (Wildman–Crippen LogP) is 2.63. The van der Waals surface area contributed by atoms with E-state index in [2.05, 4.69) is 5.32 Å². The summed E-state index contributed by atoms with van der Waals surface area (Å²) in [6.07, 6.45) is 0.359. The fourth-order valence-corrected chi connectivity index (χ4v) is 3.65. The molecule has 170 valence electrons. The standard InChI is InChI=1S/C23H28N4O5/c1-16-4-6-18(7-5-16)14-22(28)26-12-10-25(11-13-26)17(2)23(29)24-20-9-8-19(32-3)15-21(20)27(30)31/h4-9,15,17H,10-14H2,1-3H3,(H,24,29). The molecule has 3 rings (SSSR count). The number of rotatable bonds is 7. The number of hydrogen-bond acceptors (Lipinski definition) is 6. The van der Waals surface area contributed by atoms with Crippen molar-refractivity contribution >= 4 is 23.2 Å². The number of hydrogen-bond donors (Lipinski definition) is 1. The number of anilines is 1. The molecule has 1 aliphatic heterocycles. The molecule has 1 atom stereocenters. The van der Waals surface area contributed by atoms with E-state index in [4.69, 9.17) is 4.74 Å². The molecule has 0 aliphatic carbocycles. The van der Waals surface area contributed by atoms with Crippen LogP contribution in [0.25, 0.3) is 0 Å². The first kappa shape index (κ1) is 23.2. The Kier molecular flexibility index (Phi) is 7.42. The first-order chi connectivity index (χ1) is 15.3. The van der Waals surface area contributed by atoms with Gasteiger partial charge < -0.3 is 15.0 Å². The number of methoxy groups -OCH3 is 1. The Morgan fingerprint density at radius 2 is 1.78 bits per heavy atom. The monoisotopic (exact) mass is 440 g/mol. The van der Waals surface area contributed by atoms with Gasteiger partial charge in [-0.1, -0.05) is 29.8 Å². The molecule has 0 saturated carbocycles. The lowest BCUT2D eigenvalue weighted by atomic mass is 10.1. The third-order valence-corrected chi connectivity index (χ3v) is 5.73. The van der Waals surface area contributed by atoms with Crippen LogP contribution in [-0.2, 0) is 16.0 Å². The van der Waals surface area contributed by atoms with Crippen LogP contribution in [0.2, 0.25) is 0 Å². The Labute approximate surface area is 187 Å². The number of carbonyl (C=O) groups is 2. The number of nitro benzene ring substituents is 1. The smallest absolute Gasteiger partial charge is 0.296 e. The fraction of sp³-hybridized carbons (Fsp3) is 0.391. The molecule has 9 nitrogen and oxygen atoms in total. The van der Waals surface area contributed by atoms with Crippen LogP contribution < -0.4 is 10.1 Å². The van der Waals surface area contributed by atoms with Crippen molar-refractivity contribution in [1.29, 1.82) is 0 Å². The second-order valence-electron chi connectivity index (χ2n) is 7.88. The average Bonchev–Trinajstić information content (AvgIpc) is 2.80. The summed E-state index contributed by atoms with van der Waals surface area (Å²) in [5.41, 5.74) is 2.04. The summed E-state index contributed by atoms with van der Waals surface area (Å²) in [6, 6.07) is 11.7. The van der Waals surface area contributed by atoms with Crippen molar-refractivity contribution in [1.82, 2.24) is 9.80 Å². The number of benzene rings is 2. The maximum absolute atomic E-state index is 12.7. The second kappa shape index (κ2) is 10.2. The number of nitrogens with one attached hydrogen (secondary N) is 1. The lowest BCUT2D eigenvalue weighted by molar-refractivity contribution is -0.384. The molecular weight excluding hydrogens is 412 g/mol. The summed E-state index contributed by atoms with van der Waals surface area (Å²) < 4.78 is 5.02. The van der Waals surface area contributed by atoms with Gasteiger partial charge in [0.25, 0.3) is 5.69 Å². The zero-order chi connectivity index (χ0) is 23.3. The van der Waals surface area contributed by atoms with E-state index in [0.29, 0.717) is 38.3 Å². The highest BCUT2D eigenvalue weighted by molar-refractivity contribution is 5.96. The van der Waals surface area contributed by atoms with Gasteiger partial charge in [-0.15, -0.1) is 0 Å². The maximum Gasteiger partial charge on any atom is 0.296 e. The van der Waals surface area contributed by atoms with Crippen LogP contribution in [0.1, 0.15) is 18.1 Å². The predicted molar refractivity (Wildman–Crippen MR) is 121 cm³/mol. The van der Waals surface area contributed by atoms with Crippen LogP contribution in [0.15, 0.2) is 42.5 Å². The molecule has 1 saturated heterocycles. The zero-order valence-electron chi connectivity index (χ0n) is 18.5.